The van der Waals surface area contributed by atoms with Gasteiger partial charge in [0.1, 0.15) is 0 Å². The minimum Gasteiger partial charge on any atom is -0.369 e. The minimum atomic E-state index is -0.380. The van der Waals surface area contributed by atoms with E-state index in [9.17, 15) is 9.59 Å². The molecule has 1 saturated carbocycles. The van der Waals surface area contributed by atoms with E-state index in [1.54, 1.807) is 22.8 Å². The Hall–Kier alpha value is -1.89. The van der Waals surface area contributed by atoms with Crippen molar-refractivity contribution in [3.05, 3.63) is 18.0 Å². The van der Waals surface area contributed by atoms with Crippen molar-refractivity contribution in [2.45, 2.75) is 38.3 Å². The number of likely N-dealkylation sites (N-methyl/N-ethyl adjacent to an activating group) is 1. The summed E-state index contributed by atoms with van der Waals surface area (Å²) in [6.45, 7) is 0.906. The van der Waals surface area contributed by atoms with Crippen molar-refractivity contribution in [1.82, 2.24) is 19.6 Å². The smallest absolute Gasteiger partial charge is 0.236 e. The molecule has 0 unspecified atom stereocenters. The third kappa shape index (κ3) is 4.56. The highest BCUT2D eigenvalue weighted by Gasteiger charge is 2.26. The lowest BCUT2D eigenvalue weighted by Gasteiger charge is -2.28. The van der Waals surface area contributed by atoms with Crippen molar-refractivity contribution in [3.8, 4) is 0 Å². The molecule has 0 saturated heterocycles. The van der Waals surface area contributed by atoms with Crippen molar-refractivity contribution in [2.75, 3.05) is 20.1 Å². The van der Waals surface area contributed by atoms with Crippen LogP contribution in [0.1, 0.15) is 31.2 Å². The Balaban J connectivity index is 1.92. The van der Waals surface area contributed by atoms with Crippen LogP contribution < -0.4 is 5.73 Å². The van der Waals surface area contributed by atoms with E-state index in [4.69, 9.17) is 5.73 Å². The van der Waals surface area contributed by atoms with Gasteiger partial charge in [-0.1, -0.05) is 12.8 Å². The molecular formula is C15H25N5O2. The summed E-state index contributed by atoms with van der Waals surface area (Å²) in [6.07, 6.45) is 8.02. The summed E-state index contributed by atoms with van der Waals surface area (Å²) in [5.74, 6) is -0.383. The zero-order valence-electron chi connectivity index (χ0n) is 13.4. The van der Waals surface area contributed by atoms with Crippen LogP contribution in [0.4, 0.5) is 0 Å². The standard InChI is InChI=1S/C15H25N5O2/c1-18(8-12-7-17-19(2)9-12)15(22)11-20(10-14(16)21)13-5-3-4-6-13/h7,9,13H,3-6,8,10-11H2,1-2H3,(H2,16,21). The lowest BCUT2D eigenvalue weighted by Crippen LogP contribution is -2.46. The molecule has 7 heteroatoms. The number of carbonyl (C=O) groups is 2. The van der Waals surface area contributed by atoms with Gasteiger partial charge in [0.15, 0.2) is 0 Å². The van der Waals surface area contributed by atoms with Crippen molar-refractivity contribution in [2.24, 2.45) is 12.8 Å². The fourth-order valence-corrected chi connectivity index (χ4v) is 2.99. The quantitative estimate of drug-likeness (QED) is 0.775. The number of nitrogens with zero attached hydrogens (tertiary/aromatic N) is 4. The molecule has 0 bridgehead atoms. The number of aromatic nitrogens is 2. The summed E-state index contributed by atoms with van der Waals surface area (Å²) >= 11 is 0. The van der Waals surface area contributed by atoms with Crippen molar-refractivity contribution in [1.29, 1.82) is 0 Å². The molecule has 1 aliphatic carbocycles. The SMILES string of the molecule is CN(Cc1cnn(C)c1)C(=O)CN(CC(N)=O)C1CCCC1. The largest absolute Gasteiger partial charge is 0.369 e. The van der Waals surface area contributed by atoms with E-state index in [1.807, 2.05) is 18.1 Å². The van der Waals surface area contributed by atoms with E-state index in [0.29, 0.717) is 12.6 Å². The Morgan fingerprint density at radius 3 is 2.59 bits per heavy atom. The second-order valence-corrected chi connectivity index (χ2v) is 6.08. The summed E-state index contributed by atoms with van der Waals surface area (Å²) in [5, 5.41) is 4.10. The first-order valence-electron chi connectivity index (χ1n) is 7.69. The number of carbonyl (C=O) groups excluding carboxylic acids is 2. The van der Waals surface area contributed by atoms with Gasteiger partial charge in [-0.05, 0) is 12.8 Å². The molecule has 7 nitrogen and oxygen atoms in total. The van der Waals surface area contributed by atoms with Crippen LogP contribution in [0.15, 0.2) is 12.4 Å². The second-order valence-electron chi connectivity index (χ2n) is 6.08. The van der Waals surface area contributed by atoms with Gasteiger partial charge in [0.05, 0.1) is 19.3 Å². The Morgan fingerprint density at radius 2 is 2.05 bits per heavy atom. The van der Waals surface area contributed by atoms with Crippen LogP contribution >= 0.6 is 0 Å². The molecule has 0 aromatic carbocycles. The van der Waals surface area contributed by atoms with E-state index in [1.165, 1.54) is 0 Å². The molecule has 0 radical (unpaired) electrons. The zero-order chi connectivity index (χ0) is 16.1. The van der Waals surface area contributed by atoms with Gasteiger partial charge in [-0.3, -0.25) is 19.2 Å². The Labute approximate surface area is 131 Å². The Kier molecular flexibility index (Phi) is 5.54. The third-order valence-corrected chi connectivity index (χ3v) is 4.14. The topological polar surface area (TPSA) is 84.5 Å². The van der Waals surface area contributed by atoms with Crippen LogP contribution in [-0.2, 0) is 23.2 Å². The van der Waals surface area contributed by atoms with E-state index in [2.05, 4.69) is 5.10 Å². The maximum absolute atomic E-state index is 12.4. The van der Waals surface area contributed by atoms with Gasteiger partial charge in [0, 0.05) is 38.4 Å². The lowest BCUT2D eigenvalue weighted by atomic mass is 10.2. The number of primary amides is 1. The van der Waals surface area contributed by atoms with Gasteiger partial charge in [-0.15, -0.1) is 0 Å². The first-order chi connectivity index (χ1) is 10.5. The molecule has 1 aromatic rings. The number of hydrogen-bond donors (Lipinski definition) is 1. The minimum absolute atomic E-state index is 0.00277. The van der Waals surface area contributed by atoms with Gasteiger partial charge in [0.2, 0.25) is 11.8 Å². The molecule has 1 aliphatic rings. The predicted octanol–water partition coefficient (Wildman–Crippen LogP) is 0.108. The number of rotatable bonds is 7. The molecule has 1 heterocycles. The van der Waals surface area contributed by atoms with Crippen LogP contribution in [0.25, 0.3) is 0 Å². The zero-order valence-corrected chi connectivity index (χ0v) is 13.4. The molecule has 0 aliphatic heterocycles. The maximum atomic E-state index is 12.4. The number of amides is 2. The highest BCUT2D eigenvalue weighted by atomic mass is 16.2. The fourth-order valence-electron chi connectivity index (χ4n) is 2.99. The lowest BCUT2D eigenvalue weighted by molar-refractivity contribution is -0.133. The summed E-state index contributed by atoms with van der Waals surface area (Å²) in [5.41, 5.74) is 6.31. The normalized spacial score (nSPS) is 15.4. The summed E-state index contributed by atoms with van der Waals surface area (Å²) < 4.78 is 1.71. The average Bonchev–Trinajstić information content (AvgIpc) is 3.09. The molecule has 122 valence electrons. The summed E-state index contributed by atoms with van der Waals surface area (Å²) in [6, 6.07) is 0.295. The monoisotopic (exact) mass is 307 g/mol. The number of aryl methyl sites for hydroxylation is 1. The molecule has 2 N–H and O–H groups in total. The van der Waals surface area contributed by atoms with Gasteiger partial charge < -0.3 is 10.6 Å². The van der Waals surface area contributed by atoms with Crippen LogP contribution in [0.2, 0.25) is 0 Å². The molecule has 0 spiro atoms. The molecule has 22 heavy (non-hydrogen) atoms. The van der Waals surface area contributed by atoms with Crippen molar-refractivity contribution >= 4 is 11.8 Å². The van der Waals surface area contributed by atoms with E-state index in [0.717, 1.165) is 31.2 Å². The maximum Gasteiger partial charge on any atom is 0.236 e. The molecule has 2 amide bonds. The van der Waals surface area contributed by atoms with Gasteiger partial charge in [0.25, 0.3) is 0 Å². The molecule has 1 fully saturated rings. The van der Waals surface area contributed by atoms with E-state index >= 15 is 0 Å². The molecule has 1 aromatic heterocycles. The van der Waals surface area contributed by atoms with E-state index in [-0.39, 0.29) is 24.9 Å². The molecular weight excluding hydrogens is 282 g/mol. The first kappa shape index (κ1) is 16.5. The molecule has 2 rings (SSSR count). The number of hydrogen-bond acceptors (Lipinski definition) is 4. The molecule has 0 atom stereocenters. The Bertz CT molecular complexity index is 522. The summed E-state index contributed by atoms with van der Waals surface area (Å²) in [7, 11) is 3.62. The summed E-state index contributed by atoms with van der Waals surface area (Å²) in [4.78, 5) is 27.3. The first-order valence-corrected chi connectivity index (χ1v) is 7.69. The van der Waals surface area contributed by atoms with Crippen molar-refractivity contribution < 1.29 is 9.59 Å². The van der Waals surface area contributed by atoms with Gasteiger partial charge >= 0.3 is 0 Å². The fraction of sp³-hybridized carbons (Fsp3) is 0.667. The van der Waals surface area contributed by atoms with Gasteiger partial charge in [-0.25, -0.2) is 0 Å². The van der Waals surface area contributed by atoms with Crippen LogP contribution in [-0.4, -0.2) is 57.6 Å². The number of nitrogens with two attached hydrogens (primary N) is 1. The van der Waals surface area contributed by atoms with Crippen LogP contribution in [0.5, 0.6) is 0 Å². The van der Waals surface area contributed by atoms with Gasteiger partial charge in [-0.2, -0.15) is 5.10 Å². The average molecular weight is 307 g/mol. The highest BCUT2D eigenvalue weighted by molar-refractivity contribution is 5.80. The third-order valence-electron chi connectivity index (χ3n) is 4.14. The Morgan fingerprint density at radius 1 is 1.36 bits per heavy atom. The highest BCUT2D eigenvalue weighted by Crippen LogP contribution is 2.23. The predicted molar refractivity (Wildman–Crippen MR) is 82.7 cm³/mol. The van der Waals surface area contributed by atoms with E-state index < -0.39 is 0 Å². The van der Waals surface area contributed by atoms with Crippen LogP contribution in [0, 0.1) is 0 Å². The van der Waals surface area contributed by atoms with Crippen LogP contribution in [0.3, 0.4) is 0 Å². The second kappa shape index (κ2) is 7.40. The van der Waals surface area contributed by atoms with Crippen molar-refractivity contribution in [3.63, 3.8) is 0 Å².